The molecule has 0 amide bonds. The van der Waals surface area contributed by atoms with Crippen LogP contribution in [0.1, 0.15) is 31.8 Å². The average molecular weight is 283 g/mol. The van der Waals surface area contributed by atoms with Gasteiger partial charge in [0.2, 0.25) is 5.78 Å². The first-order valence-corrected chi connectivity index (χ1v) is 6.10. The fraction of sp³-hybridized carbons (Fsp3) is 0.0667. The number of carbonyl (C=O) groups excluding carboxylic acids is 2. The minimum atomic E-state index is -0.698. The summed E-state index contributed by atoms with van der Waals surface area (Å²) in [5.74, 6) is -0.976. The van der Waals surface area contributed by atoms with Crippen LogP contribution in [-0.4, -0.2) is 23.6 Å². The molecule has 0 N–H and O–H groups in total. The number of nitrogens with zero attached hydrogens (tertiary/aromatic N) is 1. The molecule has 104 valence electrons. The Kier molecular flexibility index (Phi) is 2.79. The summed E-state index contributed by atoms with van der Waals surface area (Å²) in [4.78, 5) is 35.5. The van der Waals surface area contributed by atoms with Gasteiger partial charge in [-0.2, -0.15) is 0 Å². The summed E-state index contributed by atoms with van der Waals surface area (Å²) in [7, 11) is 1.28. The minimum absolute atomic E-state index is 0.0335. The molecule has 0 aliphatic heterocycles. The zero-order chi connectivity index (χ0) is 15.1. The molecule has 1 aliphatic carbocycles. The van der Waals surface area contributed by atoms with Gasteiger partial charge in [-0.05, 0) is 12.1 Å². The van der Waals surface area contributed by atoms with Crippen LogP contribution in [0.2, 0.25) is 0 Å². The topological polar surface area (TPSA) is 86.5 Å². The van der Waals surface area contributed by atoms with Crippen molar-refractivity contribution in [3.8, 4) is 5.75 Å². The van der Waals surface area contributed by atoms with E-state index in [1.165, 1.54) is 31.4 Å². The van der Waals surface area contributed by atoms with Gasteiger partial charge in [0.25, 0.3) is 0 Å². The fourth-order valence-electron chi connectivity index (χ4n) is 2.50. The van der Waals surface area contributed by atoms with Crippen LogP contribution in [0.5, 0.6) is 5.75 Å². The van der Waals surface area contributed by atoms with E-state index < -0.39 is 22.2 Å². The van der Waals surface area contributed by atoms with E-state index in [0.29, 0.717) is 0 Å². The third kappa shape index (κ3) is 1.73. The standard InChI is InChI=1S/C15H9NO5/c1-21-11-7-6-10-12(13(11)16(19)20)15(18)9-5-3-2-4-8(9)14(10)17/h2-7H,1H3. The lowest BCUT2D eigenvalue weighted by Gasteiger charge is -2.17. The maximum Gasteiger partial charge on any atom is 0.322 e. The Hall–Kier alpha value is -3.02. The summed E-state index contributed by atoms with van der Waals surface area (Å²) in [5, 5.41) is 11.3. The molecule has 6 nitrogen and oxygen atoms in total. The van der Waals surface area contributed by atoms with Gasteiger partial charge >= 0.3 is 5.69 Å². The van der Waals surface area contributed by atoms with Crippen LogP contribution in [-0.2, 0) is 0 Å². The maximum atomic E-state index is 12.5. The lowest BCUT2D eigenvalue weighted by Crippen LogP contribution is -2.22. The van der Waals surface area contributed by atoms with Gasteiger partial charge in [-0.25, -0.2) is 0 Å². The van der Waals surface area contributed by atoms with Gasteiger partial charge in [0.05, 0.1) is 12.0 Å². The summed E-state index contributed by atoms with van der Waals surface area (Å²) in [6.07, 6.45) is 0. The van der Waals surface area contributed by atoms with Crippen LogP contribution in [0.25, 0.3) is 0 Å². The second-order valence-corrected chi connectivity index (χ2v) is 4.50. The molecule has 0 aromatic heterocycles. The SMILES string of the molecule is COc1ccc2c(c1[N+](=O)[O-])C(=O)c1ccccc1C2=O. The second kappa shape index (κ2) is 4.52. The zero-order valence-corrected chi connectivity index (χ0v) is 11.0. The molecule has 21 heavy (non-hydrogen) atoms. The molecule has 0 heterocycles. The van der Waals surface area contributed by atoms with Crippen molar-refractivity contribution >= 4 is 17.3 Å². The van der Waals surface area contributed by atoms with Gasteiger partial charge in [-0.1, -0.05) is 24.3 Å². The number of methoxy groups -OCH3 is 1. The molecular formula is C15H9NO5. The first-order chi connectivity index (χ1) is 10.1. The fourth-order valence-corrected chi connectivity index (χ4v) is 2.50. The van der Waals surface area contributed by atoms with Crippen molar-refractivity contribution in [2.24, 2.45) is 0 Å². The number of hydrogen-bond donors (Lipinski definition) is 0. The van der Waals surface area contributed by atoms with E-state index in [1.807, 2.05) is 0 Å². The average Bonchev–Trinajstić information content (AvgIpc) is 2.51. The summed E-state index contributed by atoms with van der Waals surface area (Å²) >= 11 is 0. The Labute approximate surface area is 119 Å². The van der Waals surface area contributed by atoms with Gasteiger partial charge < -0.3 is 4.74 Å². The monoisotopic (exact) mass is 283 g/mol. The number of hydrogen-bond acceptors (Lipinski definition) is 5. The predicted octanol–water partition coefficient (Wildman–Crippen LogP) is 2.38. The number of ketones is 2. The lowest BCUT2D eigenvalue weighted by molar-refractivity contribution is -0.386. The smallest absolute Gasteiger partial charge is 0.322 e. The molecule has 0 fully saturated rings. The largest absolute Gasteiger partial charge is 0.490 e. The van der Waals surface area contributed by atoms with Crippen LogP contribution in [0.4, 0.5) is 5.69 Å². The van der Waals surface area contributed by atoms with E-state index in [4.69, 9.17) is 4.74 Å². The number of nitro benzene ring substituents is 1. The Bertz CT molecular complexity index is 810. The van der Waals surface area contributed by atoms with Crippen molar-refractivity contribution in [1.82, 2.24) is 0 Å². The predicted molar refractivity (Wildman–Crippen MR) is 73.0 cm³/mol. The molecular weight excluding hydrogens is 274 g/mol. The third-order valence-electron chi connectivity index (χ3n) is 3.43. The highest BCUT2D eigenvalue weighted by Gasteiger charge is 2.37. The number of benzene rings is 2. The van der Waals surface area contributed by atoms with Crippen molar-refractivity contribution in [2.45, 2.75) is 0 Å². The molecule has 0 unspecified atom stereocenters. The van der Waals surface area contributed by atoms with E-state index in [0.717, 1.165) is 0 Å². The number of rotatable bonds is 2. The quantitative estimate of drug-likeness (QED) is 0.532. The van der Waals surface area contributed by atoms with Gasteiger partial charge in [0.15, 0.2) is 11.5 Å². The molecule has 0 radical (unpaired) electrons. The van der Waals surface area contributed by atoms with Crippen molar-refractivity contribution in [3.05, 3.63) is 68.8 Å². The van der Waals surface area contributed by atoms with Gasteiger partial charge in [0, 0.05) is 16.7 Å². The van der Waals surface area contributed by atoms with Crippen molar-refractivity contribution < 1.29 is 19.2 Å². The van der Waals surface area contributed by atoms with Crippen LogP contribution in [0, 0.1) is 10.1 Å². The van der Waals surface area contributed by atoms with E-state index in [-0.39, 0.29) is 28.0 Å². The molecule has 6 heteroatoms. The highest BCUT2D eigenvalue weighted by Crippen LogP contribution is 2.38. The summed E-state index contributed by atoms with van der Waals surface area (Å²) < 4.78 is 4.94. The normalized spacial score (nSPS) is 12.6. The third-order valence-corrected chi connectivity index (χ3v) is 3.43. The highest BCUT2D eigenvalue weighted by atomic mass is 16.6. The Morgan fingerprint density at radius 2 is 1.57 bits per heavy atom. The van der Waals surface area contributed by atoms with E-state index in [2.05, 4.69) is 0 Å². The van der Waals surface area contributed by atoms with Gasteiger partial charge in [-0.15, -0.1) is 0 Å². The summed E-state index contributed by atoms with van der Waals surface area (Å²) in [6, 6.07) is 9.00. The molecule has 0 spiro atoms. The molecule has 0 saturated heterocycles. The molecule has 0 bridgehead atoms. The van der Waals surface area contributed by atoms with Gasteiger partial charge in [0.1, 0.15) is 5.56 Å². The molecule has 1 aliphatic rings. The zero-order valence-electron chi connectivity index (χ0n) is 11.0. The lowest BCUT2D eigenvalue weighted by atomic mass is 9.83. The Morgan fingerprint density at radius 1 is 0.952 bits per heavy atom. The first-order valence-electron chi connectivity index (χ1n) is 6.10. The highest BCUT2D eigenvalue weighted by molar-refractivity contribution is 6.30. The summed E-state index contributed by atoms with van der Waals surface area (Å²) in [6.45, 7) is 0. The van der Waals surface area contributed by atoms with Crippen LogP contribution >= 0.6 is 0 Å². The summed E-state index contributed by atoms with van der Waals surface area (Å²) in [5.41, 5.74) is -0.210. The Balaban J connectivity index is 2.38. The Morgan fingerprint density at radius 3 is 2.14 bits per heavy atom. The van der Waals surface area contributed by atoms with Crippen LogP contribution in [0.3, 0.4) is 0 Å². The molecule has 2 aromatic rings. The number of carbonyl (C=O) groups is 2. The molecule has 0 atom stereocenters. The molecule has 2 aromatic carbocycles. The van der Waals surface area contributed by atoms with Crippen molar-refractivity contribution in [3.63, 3.8) is 0 Å². The van der Waals surface area contributed by atoms with Gasteiger partial charge in [-0.3, -0.25) is 19.7 Å². The second-order valence-electron chi connectivity index (χ2n) is 4.50. The van der Waals surface area contributed by atoms with E-state index in [1.54, 1.807) is 12.1 Å². The van der Waals surface area contributed by atoms with Crippen molar-refractivity contribution in [1.29, 1.82) is 0 Å². The van der Waals surface area contributed by atoms with E-state index >= 15 is 0 Å². The minimum Gasteiger partial charge on any atom is -0.490 e. The molecule has 3 rings (SSSR count). The maximum absolute atomic E-state index is 12.5. The van der Waals surface area contributed by atoms with Crippen molar-refractivity contribution in [2.75, 3.05) is 7.11 Å². The van der Waals surface area contributed by atoms with Crippen LogP contribution in [0.15, 0.2) is 36.4 Å². The van der Waals surface area contributed by atoms with E-state index in [9.17, 15) is 19.7 Å². The molecule has 0 saturated carbocycles. The first kappa shape index (κ1) is 13.0. The number of fused-ring (bicyclic) bond motifs is 2. The van der Waals surface area contributed by atoms with Crippen LogP contribution < -0.4 is 4.74 Å². The number of nitro groups is 1. The number of ether oxygens (including phenoxy) is 1.